The van der Waals surface area contributed by atoms with E-state index in [0.29, 0.717) is 5.56 Å². The number of carbonyl (C=O) groups excluding carboxylic acids is 3. The molecule has 1 heterocycles. The quantitative estimate of drug-likeness (QED) is 0.456. The average molecular weight is 267 g/mol. The molecule has 1 aromatic rings. The lowest BCUT2D eigenvalue weighted by molar-refractivity contribution is -0.137. The summed E-state index contributed by atoms with van der Waals surface area (Å²) in [5, 5.41) is 0. The number of Topliss-reactive ketones (excluding diaryl/α,β-unsaturated/α-hetero) is 1. The average Bonchev–Trinajstić information content (AvgIpc) is 2.64. The van der Waals surface area contributed by atoms with Crippen molar-refractivity contribution in [3.8, 4) is 0 Å². The molecule has 1 rings (SSSR count). The molecule has 0 atom stereocenters. The summed E-state index contributed by atoms with van der Waals surface area (Å²) in [5.74, 6) is -2.21. The molecule has 0 amide bonds. The Balaban J connectivity index is 3.12. The number of aromatic nitrogens is 1. The molecule has 0 spiro atoms. The van der Waals surface area contributed by atoms with Crippen LogP contribution in [0.1, 0.15) is 40.3 Å². The fourth-order valence-electron chi connectivity index (χ4n) is 1.78. The van der Waals surface area contributed by atoms with Gasteiger partial charge in [-0.25, -0.2) is 9.59 Å². The monoisotopic (exact) mass is 267 g/mol. The predicted molar refractivity (Wildman–Crippen MR) is 67.1 cm³/mol. The minimum Gasteiger partial charge on any atom is -0.461 e. The minimum atomic E-state index is -0.924. The number of hydrogen-bond donors (Lipinski definition) is 0. The molecule has 6 nitrogen and oxygen atoms in total. The smallest absolute Gasteiger partial charge is 0.379 e. The van der Waals surface area contributed by atoms with Crippen molar-refractivity contribution in [2.75, 3.05) is 13.2 Å². The van der Waals surface area contributed by atoms with Crippen LogP contribution in [-0.2, 0) is 21.3 Å². The van der Waals surface area contributed by atoms with E-state index < -0.39 is 17.7 Å². The van der Waals surface area contributed by atoms with Crippen LogP contribution >= 0.6 is 0 Å². The van der Waals surface area contributed by atoms with E-state index in [-0.39, 0.29) is 24.5 Å². The lowest BCUT2D eigenvalue weighted by Gasteiger charge is -2.04. The standard InChI is InChI=1S/C13H17NO5/c1-5-18-12(16)10-8(3)9(7-14(10)4)11(15)13(17)19-6-2/h7H,5-6H2,1-4H3. The van der Waals surface area contributed by atoms with Crippen molar-refractivity contribution in [1.82, 2.24) is 4.57 Å². The van der Waals surface area contributed by atoms with Gasteiger partial charge < -0.3 is 14.0 Å². The molecule has 0 aliphatic carbocycles. The van der Waals surface area contributed by atoms with Crippen LogP contribution < -0.4 is 0 Å². The third kappa shape index (κ3) is 3.01. The number of rotatable bonds is 5. The van der Waals surface area contributed by atoms with E-state index in [4.69, 9.17) is 4.74 Å². The van der Waals surface area contributed by atoms with Gasteiger partial charge in [-0.1, -0.05) is 0 Å². The predicted octanol–water partition coefficient (Wildman–Crippen LogP) is 1.26. The first kappa shape index (κ1) is 14.9. The molecule has 104 valence electrons. The summed E-state index contributed by atoms with van der Waals surface area (Å²) in [6, 6.07) is 0. The fraction of sp³-hybridized carbons (Fsp3) is 0.462. The van der Waals surface area contributed by atoms with Crippen molar-refractivity contribution >= 4 is 17.7 Å². The Morgan fingerprint density at radius 1 is 1.16 bits per heavy atom. The van der Waals surface area contributed by atoms with Crippen LogP contribution in [0.5, 0.6) is 0 Å². The maximum atomic E-state index is 11.9. The van der Waals surface area contributed by atoms with Gasteiger partial charge in [-0.3, -0.25) is 4.79 Å². The van der Waals surface area contributed by atoms with Crippen molar-refractivity contribution in [3.63, 3.8) is 0 Å². The number of ether oxygens (including phenoxy) is 2. The highest BCUT2D eigenvalue weighted by molar-refractivity contribution is 6.41. The molecule has 0 aromatic carbocycles. The van der Waals surface area contributed by atoms with E-state index in [9.17, 15) is 14.4 Å². The summed E-state index contributed by atoms with van der Waals surface area (Å²) in [6.45, 7) is 5.28. The first-order valence-corrected chi connectivity index (χ1v) is 5.98. The number of nitrogens with zero attached hydrogens (tertiary/aromatic N) is 1. The summed E-state index contributed by atoms with van der Waals surface area (Å²) in [4.78, 5) is 35.0. The topological polar surface area (TPSA) is 74.6 Å². The first-order valence-electron chi connectivity index (χ1n) is 5.98. The molecule has 0 saturated carbocycles. The molecule has 0 radical (unpaired) electrons. The summed E-state index contributed by atoms with van der Waals surface area (Å²) >= 11 is 0. The van der Waals surface area contributed by atoms with Gasteiger partial charge in [0.1, 0.15) is 5.69 Å². The van der Waals surface area contributed by atoms with Gasteiger partial charge in [-0.2, -0.15) is 0 Å². The SMILES string of the molecule is CCOC(=O)C(=O)c1cn(C)c(C(=O)OCC)c1C. The van der Waals surface area contributed by atoms with Gasteiger partial charge in [0.05, 0.1) is 18.8 Å². The molecule has 0 aliphatic heterocycles. The van der Waals surface area contributed by atoms with E-state index in [2.05, 4.69) is 4.74 Å². The van der Waals surface area contributed by atoms with Gasteiger partial charge in [0, 0.05) is 13.2 Å². The Morgan fingerprint density at radius 3 is 2.26 bits per heavy atom. The second-order valence-corrected chi connectivity index (χ2v) is 3.90. The molecule has 0 aliphatic rings. The van der Waals surface area contributed by atoms with Gasteiger partial charge in [-0.05, 0) is 26.3 Å². The second kappa shape index (κ2) is 6.17. The number of carbonyl (C=O) groups is 3. The number of hydrogen-bond acceptors (Lipinski definition) is 5. The molecule has 0 unspecified atom stereocenters. The summed E-state index contributed by atoms with van der Waals surface area (Å²) in [7, 11) is 1.61. The molecule has 0 saturated heterocycles. The van der Waals surface area contributed by atoms with Gasteiger partial charge in [0.15, 0.2) is 0 Å². The highest BCUT2D eigenvalue weighted by Gasteiger charge is 2.26. The molecule has 0 bridgehead atoms. The number of ketones is 1. The summed E-state index contributed by atoms with van der Waals surface area (Å²) < 4.78 is 11.0. The minimum absolute atomic E-state index is 0.126. The van der Waals surface area contributed by atoms with Gasteiger partial charge >= 0.3 is 11.9 Å². The molecule has 0 N–H and O–H groups in total. The van der Waals surface area contributed by atoms with E-state index in [0.717, 1.165) is 0 Å². The van der Waals surface area contributed by atoms with Crippen molar-refractivity contribution < 1.29 is 23.9 Å². The molecule has 19 heavy (non-hydrogen) atoms. The Morgan fingerprint density at radius 2 is 1.74 bits per heavy atom. The molecule has 0 fully saturated rings. The van der Waals surface area contributed by atoms with Crippen LogP contribution in [0.15, 0.2) is 6.20 Å². The number of esters is 2. The summed E-state index contributed by atoms with van der Waals surface area (Å²) in [6.07, 6.45) is 1.43. The Labute approximate surface area is 111 Å². The second-order valence-electron chi connectivity index (χ2n) is 3.90. The maximum Gasteiger partial charge on any atom is 0.379 e. The number of aryl methyl sites for hydroxylation is 1. The van der Waals surface area contributed by atoms with E-state index in [1.165, 1.54) is 10.8 Å². The lowest BCUT2D eigenvalue weighted by atomic mass is 10.1. The van der Waals surface area contributed by atoms with Crippen molar-refractivity contribution in [2.45, 2.75) is 20.8 Å². The largest absolute Gasteiger partial charge is 0.461 e. The van der Waals surface area contributed by atoms with E-state index >= 15 is 0 Å². The van der Waals surface area contributed by atoms with Crippen molar-refractivity contribution in [1.29, 1.82) is 0 Å². The highest BCUT2D eigenvalue weighted by atomic mass is 16.5. The van der Waals surface area contributed by atoms with Crippen LogP contribution in [0.3, 0.4) is 0 Å². The Kier molecular flexibility index (Phi) is 4.86. The van der Waals surface area contributed by atoms with E-state index in [1.54, 1.807) is 27.8 Å². The van der Waals surface area contributed by atoms with Gasteiger partial charge in [-0.15, -0.1) is 0 Å². The van der Waals surface area contributed by atoms with Crippen LogP contribution in [-0.4, -0.2) is 35.5 Å². The Bertz CT molecular complexity index is 515. The zero-order valence-corrected chi connectivity index (χ0v) is 11.5. The van der Waals surface area contributed by atoms with Crippen molar-refractivity contribution in [2.24, 2.45) is 7.05 Å². The van der Waals surface area contributed by atoms with Crippen LogP contribution in [0.4, 0.5) is 0 Å². The maximum absolute atomic E-state index is 11.9. The third-order valence-electron chi connectivity index (χ3n) is 2.61. The molecule has 1 aromatic heterocycles. The Hall–Kier alpha value is -2.11. The van der Waals surface area contributed by atoms with Gasteiger partial charge in [0.25, 0.3) is 5.78 Å². The molecule has 6 heteroatoms. The zero-order valence-electron chi connectivity index (χ0n) is 11.5. The van der Waals surface area contributed by atoms with Gasteiger partial charge in [0.2, 0.25) is 0 Å². The third-order valence-corrected chi connectivity index (χ3v) is 2.61. The summed E-state index contributed by atoms with van der Waals surface area (Å²) in [5.41, 5.74) is 0.831. The van der Waals surface area contributed by atoms with E-state index in [1.807, 2.05) is 0 Å². The first-order chi connectivity index (χ1) is 8.93. The normalized spacial score (nSPS) is 10.1. The van der Waals surface area contributed by atoms with Crippen LogP contribution in [0.2, 0.25) is 0 Å². The molecular formula is C13H17NO5. The lowest BCUT2D eigenvalue weighted by Crippen LogP contribution is -2.18. The van der Waals surface area contributed by atoms with Crippen LogP contribution in [0.25, 0.3) is 0 Å². The van der Waals surface area contributed by atoms with Crippen molar-refractivity contribution in [3.05, 3.63) is 23.0 Å². The zero-order chi connectivity index (χ0) is 14.6. The molecular weight excluding hydrogens is 250 g/mol. The highest BCUT2D eigenvalue weighted by Crippen LogP contribution is 2.18. The van der Waals surface area contributed by atoms with Crippen LogP contribution in [0, 0.1) is 6.92 Å². The fourth-order valence-corrected chi connectivity index (χ4v) is 1.78.